The second kappa shape index (κ2) is 18.4. The molecular weight excluding hydrogens is 720 g/mol. The SMILES string of the molecule is COc1ccc(CNC(=O)c2ccc(C)n(-c3cccc(OC)c3)c2=O)cc1.COc1cccc(-n2c(C)ccc(C(=O)NCc3cccc(Cl)c3)c2=O)c1. The minimum Gasteiger partial charge on any atom is -0.497 e. The molecule has 0 aliphatic rings. The normalized spacial score (nSPS) is 10.4. The highest BCUT2D eigenvalue weighted by molar-refractivity contribution is 6.30. The smallest absolute Gasteiger partial charge is 0.268 e. The molecule has 11 nitrogen and oxygen atoms in total. The van der Waals surface area contributed by atoms with E-state index in [1.165, 1.54) is 9.13 Å². The number of benzene rings is 4. The lowest BCUT2D eigenvalue weighted by atomic mass is 10.2. The van der Waals surface area contributed by atoms with Crippen molar-refractivity contribution in [2.75, 3.05) is 21.3 Å². The second-order valence-electron chi connectivity index (χ2n) is 12.3. The van der Waals surface area contributed by atoms with Crippen LogP contribution < -0.4 is 36.0 Å². The van der Waals surface area contributed by atoms with E-state index < -0.39 is 11.8 Å². The molecule has 282 valence electrons. The number of nitrogens with zero attached hydrogens (tertiary/aromatic N) is 2. The number of hydrogen-bond acceptors (Lipinski definition) is 7. The molecule has 0 spiro atoms. The van der Waals surface area contributed by atoms with Crippen LogP contribution in [-0.4, -0.2) is 42.3 Å². The van der Waals surface area contributed by atoms with E-state index in [4.69, 9.17) is 25.8 Å². The average molecular weight is 761 g/mol. The molecular formula is C43H41ClN4O7. The van der Waals surface area contributed by atoms with Gasteiger partial charge in [-0.1, -0.05) is 48.0 Å². The van der Waals surface area contributed by atoms with E-state index in [1.54, 1.807) is 106 Å². The van der Waals surface area contributed by atoms with E-state index in [9.17, 15) is 19.2 Å². The molecule has 0 radical (unpaired) electrons. The summed E-state index contributed by atoms with van der Waals surface area (Å²) in [6.45, 7) is 4.23. The number of rotatable bonds is 11. The van der Waals surface area contributed by atoms with Crippen LogP contribution in [0.15, 0.2) is 131 Å². The Kier molecular flexibility index (Phi) is 13.3. The summed E-state index contributed by atoms with van der Waals surface area (Å²) in [7, 11) is 4.73. The van der Waals surface area contributed by atoms with Gasteiger partial charge in [-0.3, -0.25) is 28.3 Å². The van der Waals surface area contributed by atoms with Gasteiger partial charge in [-0.2, -0.15) is 0 Å². The highest BCUT2D eigenvalue weighted by atomic mass is 35.5. The van der Waals surface area contributed by atoms with Crippen molar-refractivity contribution >= 4 is 23.4 Å². The highest BCUT2D eigenvalue weighted by Crippen LogP contribution is 2.19. The van der Waals surface area contributed by atoms with Crippen molar-refractivity contribution < 1.29 is 23.8 Å². The third-order valence-corrected chi connectivity index (χ3v) is 8.86. The lowest BCUT2D eigenvalue weighted by Gasteiger charge is -2.13. The van der Waals surface area contributed by atoms with Crippen LogP contribution in [0.4, 0.5) is 0 Å². The lowest BCUT2D eigenvalue weighted by molar-refractivity contribution is 0.0941. The van der Waals surface area contributed by atoms with E-state index in [0.717, 1.165) is 28.3 Å². The van der Waals surface area contributed by atoms with Crippen LogP contribution in [0.1, 0.15) is 43.2 Å². The zero-order valence-electron chi connectivity index (χ0n) is 31.1. The Morgan fingerprint density at radius 2 is 1.00 bits per heavy atom. The third-order valence-electron chi connectivity index (χ3n) is 8.62. The van der Waals surface area contributed by atoms with Crippen LogP contribution in [0.25, 0.3) is 11.4 Å². The minimum absolute atomic E-state index is 0.0745. The molecule has 6 aromatic rings. The molecule has 2 aromatic heterocycles. The van der Waals surface area contributed by atoms with Gasteiger partial charge in [0.1, 0.15) is 28.4 Å². The Morgan fingerprint density at radius 1 is 0.545 bits per heavy atom. The summed E-state index contributed by atoms with van der Waals surface area (Å²) in [6.07, 6.45) is 0. The summed E-state index contributed by atoms with van der Waals surface area (Å²) in [6, 6.07) is 35.5. The van der Waals surface area contributed by atoms with Crippen molar-refractivity contribution in [3.8, 4) is 28.6 Å². The van der Waals surface area contributed by atoms with Crippen molar-refractivity contribution in [1.29, 1.82) is 0 Å². The largest absolute Gasteiger partial charge is 0.497 e. The van der Waals surface area contributed by atoms with E-state index in [-0.39, 0.29) is 28.8 Å². The summed E-state index contributed by atoms with van der Waals surface area (Å²) in [5, 5.41) is 6.16. The Hall–Kier alpha value is -6.59. The Balaban J connectivity index is 0.000000211. The number of methoxy groups -OCH3 is 3. The summed E-state index contributed by atoms with van der Waals surface area (Å²) in [4.78, 5) is 51.1. The van der Waals surface area contributed by atoms with Crippen LogP contribution in [0, 0.1) is 13.8 Å². The molecule has 0 aliphatic heterocycles. The summed E-state index contributed by atoms with van der Waals surface area (Å²) < 4.78 is 18.6. The van der Waals surface area contributed by atoms with Gasteiger partial charge in [0.2, 0.25) is 0 Å². The third kappa shape index (κ3) is 9.89. The van der Waals surface area contributed by atoms with E-state index in [1.807, 2.05) is 50.2 Å². The predicted molar refractivity (Wildman–Crippen MR) is 213 cm³/mol. The lowest BCUT2D eigenvalue weighted by Crippen LogP contribution is -2.33. The molecule has 0 unspecified atom stereocenters. The van der Waals surface area contributed by atoms with E-state index >= 15 is 0 Å². The van der Waals surface area contributed by atoms with E-state index in [0.29, 0.717) is 34.4 Å². The molecule has 2 heterocycles. The molecule has 0 fully saturated rings. The quantitative estimate of drug-likeness (QED) is 0.148. The van der Waals surface area contributed by atoms with Crippen molar-refractivity contribution in [3.63, 3.8) is 0 Å². The topological polar surface area (TPSA) is 130 Å². The number of aryl methyl sites for hydroxylation is 2. The molecule has 12 heteroatoms. The molecule has 55 heavy (non-hydrogen) atoms. The Labute approximate surface area is 323 Å². The number of ether oxygens (including phenoxy) is 3. The zero-order chi connectivity index (χ0) is 39.5. The summed E-state index contributed by atoms with van der Waals surface area (Å²) in [5.74, 6) is 1.16. The first-order valence-electron chi connectivity index (χ1n) is 17.2. The van der Waals surface area contributed by atoms with Crippen LogP contribution in [0.2, 0.25) is 5.02 Å². The number of amides is 2. The Bertz CT molecular complexity index is 2420. The molecule has 0 atom stereocenters. The molecule has 6 rings (SSSR count). The Morgan fingerprint density at radius 3 is 1.45 bits per heavy atom. The minimum atomic E-state index is -0.434. The fraction of sp³-hybridized carbons (Fsp3) is 0.163. The maximum Gasteiger partial charge on any atom is 0.268 e. The molecule has 0 saturated heterocycles. The standard InChI is InChI=1S/C22H22N2O4.C21H19ClN2O3/c1-15-7-12-20(21(25)23-14-16-8-10-18(27-2)11-9-16)22(26)24(15)17-5-4-6-19(13-17)28-3;1-14-9-10-19(20(25)23-13-15-5-3-6-16(22)11-15)21(26)24(14)17-7-4-8-18(12-17)27-2/h4-13H,14H2,1-3H3,(H,23,25);3-12H,13H2,1-2H3,(H,23,25). The number of nitrogens with one attached hydrogen (secondary N) is 2. The van der Waals surface area contributed by atoms with Gasteiger partial charge in [0.15, 0.2) is 0 Å². The first-order valence-corrected chi connectivity index (χ1v) is 17.6. The predicted octanol–water partition coefficient (Wildman–Crippen LogP) is 6.83. The maximum absolute atomic E-state index is 13.0. The van der Waals surface area contributed by atoms with Gasteiger partial charge < -0.3 is 24.8 Å². The van der Waals surface area contributed by atoms with Gasteiger partial charge in [-0.25, -0.2) is 0 Å². The maximum atomic E-state index is 13.0. The summed E-state index contributed by atoms with van der Waals surface area (Å²) >= 11 is 5.96. The molecule has 0 aliphatic carbocycles. The van der Waals surface area contributed by atoms with Gasteiger partial charge in [0.05, 0.1) is 32.7 Å². The highest BCUT2D eigenvalue weighted by Gasteiger charge is 2.17. The molecule has 4 aromatic carbocycles. The summed E-state index contributed by atoms with van der Waals surface area (Å²) in [5.41, 5.74) is 3.91. The fourth-order valence-electron chi connectivity index (χ4n) is 5.69. The number of aromatic nitrogens is 2. The van der Waals surface area contributed by atoms with Crippen LogP contribution >= 0.6 is 11.6 Å². The van der Waals surface area contributed by atoms with Gasteiger partial charge in [-0.15, -0.1) is 0 Å². The fourth-order valence-corrected chi connectivity index (χ4v) is 5.91. The van der Waals surface area contributed by atoms with Crippen LogP contribution in [0.3, 0.4) is 0 Å². The van der Waals surface area contributed by atoms with Crippen molar-refractivity contribution in [2.24, 2.45) is 0 Å². The van der Waals surface area contributed by atoms with Gasteiger partial charge in [0, 0.05) is 41.6 Å². The first kappa shape index (κ1) is 39.6. The number of carbonyl (C=O) groups is 2. The van der Waals surface area contributed by atoms with Gasteiger partial charge >= 0.3 is 0 Å². The van der Waals surface area contributed by atoms with Gasteiger partial charge in [-0.05, 0) is 97.8 Å². The number of halogens is 1. The van der Waals surface area contributed by atoms with Gasteiger partial charge in [0.25, 0.3) is 22.9 Å². The van der Waals surface area contributed by atoms with Crippen molar-refractivity contribution in [1.82, 2.24) is 19.8 Å². The molecule has 0 saturated carbocycles. The number of hydrogen-bond donors (Lipinski definition) is 2. The van der Waals surface area contributed by atoms with Crippen LogP contribution in [0.5, 0.6) is 17.2 Å². The average Bonchev–Trinajstić information content (AvgIpc) is 3.20. The molecule has 2 amide bonds. The first-order chi connectivity index (χ1) is 26.5. The monoisotopic (exact) mass is 760 g/mol. The van der Waals surface area contributed by atoms with Crippen molar-refractivity contribution in [2.45, 2.75) is 26.9 Å². The number of pyridine rings is 2. The molecule has 0 bridgehead atoms. The second-order valence-corrected chi connectivity index (χ2v) is 12.7. The van der Waals surface area contributed by atoms with Crippen molar-refractivity contribution in [3.05, 3.63) is 181 Å². The number of carbonyl (C=O) groups excluding carboxylic acids is 2. The van der Waals surface area contributed by atoms with Crippen LogP contribution in [-0.2, 0) is 13.1 Å². The molecule has 2 N–H and O–H groups in total. The zero-order valence-corrected chi connectivity index (χ0v) is 31.8. The van der Waals surface area contributed by atoms with E-state index in [2.05, 4.69) is 10.6 Å².